The number of anilines is 1. The average Bonchev–Trinajstić information content (AvgIpc) is 3.31. The van der Waals surface area contributed by atoms with Crippen LogP contribution in [0.1, 0.15) is 27.4 Å². The largest absolute Gasteiger partial charge is 0.508 e. The van der Waals surface area contributed by atoms with Crippen molar-refractivity contribution in [2.75, 3.05) is 5.32 Å². The second-order valence-electron chi connectivity index (χ2n) is 6.77. The normalized spacial score (nSPS) is 10.8. The number of aryl methyl sites for hydroxylation is 1. The number of nitrogens with zero attached hydrogens (tertiary/aromatic N) is 3. The number of rotatable bonds is 5. The maximum absolute atomic E-state index is 12.7. The SMILES string of the molecule is Cc1nn(Cc2ccccc2)c(C)c1NC(=O)c1cc(-c2ccc(O)cc2)on1. The molecule has 0 unspecified atom stereocenters. The summed E-state index contributed by atoms with van der Waals surface area (Å²) in [5, 5.41) is 20.7. The fourth-order valence-electron chi connectivity index (χ4n) is 3.11. The Kier molecular flexibility index (Phi) is 4.87. The second-order valence-corrected chi connectivity index (χ2v) is 6.77. The maximum Gasteiger partial charge on any atom is 0.277 e. The van der Waals surface area contributed by atoms with E-state index in [9.17, 15) is 9.90 Å². The van der Waals surface area contributed by atoms with Gasteiger partial charge in [0.2, 0.25) is 0 Å². The molecule has 4 rings (SSSR count). The van der Waals surface area contributed by atoms with Crippen LogP contribution in [0.25, 0.3) is 11.3 Å². The number of amides is 1. The van der Waals surface area contributed by atoms with Crippen molar-refractivity contribution in [2.24, 2.45) is 0 Å². The van der Waals surface area contributed by atoms with Crippen molar-refractivity contribution >= 4 is 11.6 Å². The number of benzene rings is 2. The molecule has 0 aliphatic rings. The highest BCUT2D eigenvalue weighted by atomic mass is 16.5. The molecule has 2 aromatic carbocycles. The van der Waals surface area contributed by atoms with Gasteiger partial charge in [0.1, 0.15) is 5.75 Å². The standard InChI is InChI=1S/C22H20N4O3/c1-14-21(15(2)26(24-14)13-16-6-4-3-5-7-16)23-22(28)19-12-20(29-25-19)17-8-10-18(27)11-9-17/h3-12,27H,13H2,1-2H3,(H,23,28). The quantitative estimate of drug-likeness (QED) is 0.535. The summed E-state index contributed by atoms with van der Waals surface area (Å²) in [6.45, 7) is 4.40. The van der Waals surface area contributed by atoms with E-state index in [-0.39, 0.29) is 17.4 Å². The third-order valence-corrected chi connectivity index (χ3v) is 4.69. The smallest absolute Gasteiger partial charge is 0.277 e. The van der Waals surface area contributed by atoms with E-state index in [1.54, 1.807) is 30.3 Å². The Balaban J connectivity index is 1.52. The van der Waals surface area contributed by atoms with E-state index >= 15 is 0 Å². The van der Waals surface area contributed by atoms with Crippen LogP contribution < -0.4 is 5.32 Å². The van der Waals surface area contributed by atoms with Gasteiger partial charge >= 0.3 is 0 Å². The summed E-state index contributed by atoms with van der Waals surface area (Å²) in [5.41, 5.74) is 4.28. The van der Waals surface area contributed by atoms with Crippen LogP contribution in [0.2, 0.25) is 0 Å². The number of aromatic nitrogens is 3. The molecule has 2 heterocycles. The minimum atomic E-state index is -0.371. The first kappa shape index (κ1) is 18.5. The molecular formula is C22H20N4O3. The van der Waals surface area contributed by atoms with Crippen molar-refractivity contribution in [2.45, 2.75) is 20.4 Å². The molecule has 29 heavy (non-hydrogen) atoms. The molecule has 146 valence electrons. The molecule has 4 aromatic rings. The predicted octanol–water partition coefficient (Wildman–Crippen LogP) is 4.16. The van der Waals surface area contributed by atoms with Gasteiger partial charge in [-0.1, -0.05) is 35.5 Å². The zero-order chi connectivity index (χ0) is 20.4. The van der Waals surface area contributed by atoms with Crippen LogP contribution in [-0.4, -0.2) is 26.0 Å². The third kappa shape index (κ3) is 3.89. The van der Waals surface area contributed by atoms with Crippen LogP contribution in [0.4, 0.5) is 5.69 Å². The first-order chi connectivity index (χ1) is 14.0. The van der Waals surface area contributed by atoms with Crippen molar-refractivity contribution in [1.82, 2.24) is 14.9 Å². The first-order valence-corrected chi connectivity index (χ1v) is 9.16. The predicted molar refractivity (Wildman–Crippen MR) is 109 cm³/mol. The van der Waals surface area contributed by atoms with E-state index in [4.69, 9.17) is 4.52 Å². The number of nitrogens with one attached hydrogen (secondary N) is 1. The minimum Gasteiger partial charge on any atom is -0.508 e. The molecule has 0 atom stereocenters. The van der Waals surface area contributed by atoms with E-state index in [1.165, 1.54) is 0 Å². The number of carbonyl (C=O) groups is 1. The van der Waals surface area contributed by atoms with Crippen molar-refractivity contribution in [3.05, 3.63) is 83.3 Å². The van der Waals surface area contributed by atoms with Crippen LogP contribution in [0.15, 0.2) is 65.2 Å². The second kappa shape index (κ2) is 7.63. The lowest BCUT2D eigenvalue weighted by molar-refractivity contribution is 0.101. The van der Waals surface area contributed by atoms with Gasteiger partial charge in [-0.3, -0.25) is 9.48 Å². The van der Waals surface area contributed by atoms with Gasteiger partial charge in [-0.25, -0.2) is 0 Å². The van der Waals surface area contributed by atoms with E-state index in [0.717, 1.165) is 22.5 Å². The number of aromatic hydroxyl groups is 1. The van der Waals surface area contributed by atoms with Gasteiger partial charge in [-0.15, -0.1) is 0 Å². The van der Waals surface area contributed by atoms with Gasteiger partial charge in [-0.2, -0.15) is 5.10 Å². The van der Waals surface area contributed by atoms with E-state index in [2.05, 4.69) is 15.6 Å². The lowest BCUT2D eigenvalue weighted by Crippen LogP contribution is -2.13. The van der Waals surface area contributed by atoms with Crippen LogP contribution in [0.5, 0.6) is 5.75 Å². The molecule has 2 N–H and O–H groups in total. The van der Waals surface area contributed by atoms with Crippen LogP contribution >= 0.6 is 0 Å². The lowest BCUT2D eigenvalue weighted by Gasteiger charge is -2.06. The molecule has 0 saturated heterocycles. The Morgan fingerprint density at radius 2 is 1.83 bits per heavy atom. The van der Waals surface area contributed by atoms with E-state index in [0.29, 0.717) is 18.0 Å². The summed E-state index contributed by atoms with van der Waals surface area (Å²) in [6, 6.07) is 18.1. The monoisotopic (exact) mass is 388 g/mol. The summed E-state index contributed by atoms with van der Waals surface area (Å²) in [7, 11) is 0. The molecule has 0 bridgehead atoms. The van der Waals surface area contributed by atoms with Crippen molar-refractivity contribution < 1.29 is 14.4 Å². The molecule has 0 aliphatic carbocycles. The molecule has 0 fully saturated rings. The van der Waals surface area contributed by atoms with Gasteiger partial charge in [0.25, 0.3) is 5.91 Å². The summed E-state index contributed by atoms with van der Waals surface area (Å²) in [4.78, 5) is 12.7. The van der Waals surface area contributed by atoms with Gasteiger partial charge in [0, 0.05) is 11.6 Å². The highest BCUT2D eigenvalue weighted by Crippen LogP contribution is 2.24. The summed E-state index contributed by atoms with van der Waals surface area (Å²) in [6.07, 6.45) is 0. The van der Waals surface area contributed by atoms with Crippen molar-refractivity contribution in [3.8, 4) is 17.1 Å². The Morgan fingerprint density at radius 3 is 2.55 bits per heavy atom. The van der Waals surface area contributed by atoms with E-state index in [1.807, 2.05) is 48.9 Å². The Hall–Kier alpha value is -3.87. The van der Waals surface area contributed by atoms with Crippen LogP contribution in [-0.2, 0) is 6.54 Å². The Labute approximate surface area is 167 Å². The van der Waals surface area contributed by atoms with Gasteiger partial charge < -0.3 is 14.9 Å². The molecule has 7 nitrogen and oxygen atoms in total. The van der Waals surface area contributed by atoms with Crippen molar-refractivity contribution in [3.63, 3.8) is 0 Å². The molecule has 7 heteroatoms. The van der Waals surface area contributed by atoms with Crippen LogP contribution in [0, 0.1) is 13.8 Å². The maximum atomic E-state index is 12.7. The van der Waals surface area contributed by atoms with Gasteiger partial charge in [-0.05, 0) is 43.7 Å². The molecular weight excluding hydrogens is 368 g/mol. The van der Waals surface area contributed by atoms with Crippen molar-refractivity contribution in [1.29, 1.82) is 0 Å². The number of hydrogen-bond acceptors (Lipinski definition) is 5. The molecule has 0 spiro atoms. The average molecular weight is 388 g/mol. The molecule has 2 aromatic heterocycles. The number of carbonyl (C=O) groups excluding carboxylic acids is 1. The van der Waals surface area contributed by atoms with Crippen LogP contribution in [0.3, 0.4) is 0 Å². The zero-order valence-corrected chi connectivity index (χ0v) is 16.1. The van der Waals surface area contributed by atoms with Gasteiger partial charge in [0.15, 0.2) is 11.5 Å². The summed E-state index contributed by atoms with van der Waals surface area (Å²) >= 11 is 0. The Bertz CT molecular complexity index is 1140. The number of phenols is 1. The molecule has 0 saturated carbocycles. The molecule has 1 amide bonds. The highest BCUT2D eigenvalue weighted by molar-refractivity contribution is 6.03. The zero-order valence-electron chi connectivity index (χ0n) is 16.1. The lowest BCUT2D eigenvalue weighted by atomic mass is 10.1. The number of phenolic OH excluding ortho intramolecular Hbond substituents is 1. The number of hydrogen-bond donors (Lipinski definition) is 2. The summed E-state index contributed by atoms with van der Waals surface area (Å²) < 4.78 is 7.15. The Morgan fingerprint density at radius 1 is 1.10 bits per heavy atom. The third-order valence-electron chi connectivity index (χ3n) is 4.69. The molecule has 0 aliphatic heterocycles. The summed E-state index contributed by atoms with van der Waals surface area (Å²) in [5.74, 6) is 0.234. The fourth-order valence-corrected chi connectivity index (χ4v) is 3.11. The highest BCUT2D eigenvalue weighted by Gasteiger charge is 2.18. The minimum absolute atomic E-state index is 0.157. The van der Waals surface area contributed by atoms with Gasteiger partial charge in [0.05, 0.1) is 23.6 Å². The topological polar surface area (TPSA) is 93.2 Å². The first-order valence-electron chi connectivity index (χ1n) is 9.16. The van der Waals surface area contributed by atoms with E-state index < -0.39 is 0 Å². The molecule has 0 radical (unpaired) electrons. The fraction of sp³-hybridized carbons (Fsp3) is 0.136.